The SMILES string of the molecule is Cc1cccc(-c2nn(Cc3cccnc3)cc2-c2ccnc(-c3nc4c([nH]3)CN(S(C)(=O)=O)C4)c2)n1. The highest BCUT2D eigenvalue weighted by Gasteiger charge is 2.29. The molecule has 6 rings (SSSR count). The Morgan fingerprint density at radius 1 is 1.03 bits per heavy atom. The molecule has 5 aromatic heterocycles. The quantitative estimate of drug-likeness (QED) is 0.370. The van der Waals surface area contributed by atoms with Crippen molar-refractivity contribution in [3.8, 4) is 34.0 Å². The van der Waals surface area contributed by atoms with Crippen LogP contribution in [0.15, 0.2) is 67.3 Å². The second kappa shape index (κ2) is 9.02. The molecule has 0 saturated carbocycles. The van der Waals surface area contributed by atoms with Gasteiger partial charge in [-0.25, -0.2) is 13.4 Å². The van der Waals surface area contributed by atoms with Crippen LogP contribution in [0.25, 0.3) is 34.0 Å². The predicted molar refractivity (Wildman–Crippen MR) is 138 cm³/mol. The van der Waals surface area contributed by atoms with Gasteiger partial charge in [0.15, 0.2) is 5.82 Å². The monoisotopic (exact) mass is 512 g/mol. The third-order valence-electron chi connectivity index (χ3n) is 6.27. The Balaban J connectivity index is 1.38. The standard InChI is InChI=1S/C26H24N8O2S/c1-17-5-3-7-21(29-17)25-20(14-33(32-25)13-18-6-4-9-27-12-18)19-8-10-28-22(11-19)26-30-23-15-34(37(2,35)36)16-24(23)31-26/h3-12,14H,13,15-16H2,1-2H3,(H,30,31). The highest BCUT2D eigenvalue weighted by Crippen LogP contribution is 2.33. The van der Waals surface area contributed by atoms with Crippen LogP contribution in [0.2, 0.25) is 0 Å². The van der Waals surface area contributed by atoms with Crippen molar-refractivity contribution in [2.45, 2.75) is 26.6 Å². The van der Waals surface area contributed by atoms with Crippen LogP contribution in [0.3, 0.4) is 0 Å². The van der Waals surface area contributed by atoms with E-state index in [2.05, 4.69) is 19.9 Å². The molecule has 1 aliphatic heterocycles. The Bertz CT molecular complexity index is 1690. The van der Waals surface area contributed by atoms with Gasteiger partial charge in [0, 0.05) is 36.0 Å². The maximum Gasteiger partial charge on any atom is 0.211 e. The Morgan fingerprint density at radius 3 is 2.68 bits per heavy atom. The highest BCUT2D eigenvalue weighted by molar-refractivity contribution is 7.88. The number of imidazole rings is 1. The molecule has 37 heavy (non-hydrogen) atoms. The Hall–Kier alpha value is -4.22. The van der Waals surface area contributed by atoms with Crippen LogP contribution >= 0.6 is 0 Å². The van der Waals surface area contributed by atoms with Crippen LogP contribution in [0, 0.1) is 6.92 Å². The zero-order valence-electron chi connectivity index (χ0n) is 20.3. The first kappa shape index (κ1) is 23.2. The van der Waals surface area contributed by atoms with Crippen LogP contribution in [0.1, 0.15) is 22.6 Å². The number of aryl methyl sites for hydroxylation is 1. The summed E-state index contributed by atoms with van der Waals surface area (Å²) in [4.78, 5) is 21.4. The molecule has 5 aromatic rings. The Morgan fingerprint density at radius 2 is 1.92 bits per heavy atom. The van der Waals surface area contributed by atoms with E-state index in [-0.39, 0.29) is 13.1 Å². The molecule has 0 unspecified atom stereocenters. The van der Waals surface area contributed by atoms with E-state index in [4.69, 9.17) is 10.1 Å². The number of rotatable bonds is 6. The smallest absolute Gasteiger partial charge is 0.211 e. The van der Waals surface area contributed by atoms with Crippen LogP contribution in [-0.4, -0.2) is 53.7 Å². The van der Waals surface area contributed by atoms with E-state index in [0.29, 0.717) is 18.1 Å². The lowest BCUT2D eigenvalue weighted by molar-refractivity contribution is 0.431. The van der Waals surface area contributed by atoms with Gasteiger partial charge in [-0.05, 0) is 48.4 Å². The van der Waals surface area contributed by atoms with Crippen LogP contribution in [0.5, 0.6) is 0 Å². The van der Waals surface area contributed by atoms with Gasteiger partial charge in [0.05, 0.1) is 43.0 Å². The first-order valence-corrected chi connectivity index (χ1v) is 13.6. The Kier molecular flexibility index (Phi) is 5.65. The number of nitrogens with zero attached hydrogens (tertiary/aromatic N) is 7. The van der Waals surface area contributed by atoms with E-state index in [1.54, 1.807) is 12.4 Å². The van der Waals surface area contributed by atoms with E-state index < -0.39 is 10.0 Å². The fourth-order valence-corrected chi connectivity index (χ4v) is 5.17. The molecule has 10 nitrogen and oxygen atoms in total. The minimum absolute atomic E-state index is 0.259. The molecule has 11 heteroatoms. The fourth-order valence-electron chi connectivity index (χ4n) is 4.45. The number of nitrogens with one attached hydrogen (secondary N) is 1. The molecule has 0 aromatic carbocycles. The maximum atomic E-state index is 11.9. The topological polar surface area (TPSA) is 123 Å². The van der Waals surface area contributed by atoms with Gasteiger partial charge in [-0.1, -0.05) is 12.1 Å². The summed E-state index contributed by atoms with van der Waals surface area (Å²) >= 11 is 0. The highest BCUT2D eigenvalue weighted by atomic mass is 32.2. The summed E-state index contributed by atoms with van der Waals surface area (Å²) in [6.07, 6.45) is 8.55. The molecule has 186 valence electrons. The lowest BCUT2D eigenvalue weighted by Crippen LogP contribution is -2.24. The van der Waals surface area contributed by atoms with Gasteiger partial charge in [-0.3, -0.25) is 19.6 Å². The first-order chi connectivity index (χ1) is 17.8. The third kappa shape index (κ3) is 4.66. The Labute approximate surface area is 214 Å². The summed E-state index contributed by atoms with van der Waals surface area (Å²) in [6, 6.07) is 13.7. The average molecular weight is 513 g/mol. The molecular weight excluding hydrogens is 488 g/mol. The van der Waals surface area contributed by atoms with Gasteiger partial charge in [-0.2, -0.15) is 9.40 Å². The molecule has 0 spiro atoms. The number of aromatic nitrogens is 7. The molecular formula is C26H24N8O2S. The number of H-pyrrole nitrogens is 1. The summed E-state index contributed by atoms with van der Waals surface area (Å²) in [5, 5.41) is 4.89. The van der Waals surface area contributed by atoms with Gasteiger partial charge < -0.3 is 4.98 Å². The normalized spacial score (nSPS) is 13.7. The summed E-state index contributed by atoms with van der Waals surface area (Å²) in [6.45, 7) is 3.08. The van der Waals surface area contributed by atoms with E-state index >= 15 is 0 Å². The van der Waals surface area contributed by atoms with Crippen LogP contribution < -0.4 is 0 Å². The molecule has 0 bridgehead atoms. The van der Waals surface area contributed by atoms with Crippen LogP contribution in [0.4, 0.5) is 0 Å². The van der Waals surface area contributed by atoms with Gasteiger partial charge in [0.25, 0.3) is 0 Å². The molecule has 0 fully saturated rings. The van der Waals surface area contributed by atoms with Crippen molar-refractivity contribution in [2.24, 2.45) is 0 Å². The van der Waals surface area contributed by atoms with Gasteiger partial charge in [-0.15, -0.1) is 0 Å². The summed E-state index contributed by atoms with van der Waals surface area (Å²) in [7, 11) is -3.28. The number of fused-ring (bicyclic) bond motifs is 1. The molecule has 0 amide bonds. The molecule has 6 heterocycles. The largest absolute Gasteiger partial charge is 0.339 e. The molecule has 0 saturated heterocycles. The number of aromatic amines is 1. The zero-order valence-corrected chi connectivity index (χ0v) is 21.1. The number of hydrogen-bond acceptors (Lipinski definition) is 7. The number of pyridine rings is 3. The van der Waals surface area contributed by atoms with Gasteiger partial charge in [0.1, 0.15) is 11.4 Å². The van der Waals surface area contributed by atoms with E-state index in [9.17, 15) is 8.42 Å². The minimum atomic E-state index is -3.28. The van der Waals surface area contributed by atoms with Crippen molar-refractivity contribution in [3.05, 3.63) is 89.9 Å². The molecule has 0 radical (unpaired) electrons. The predicted octanol–water partition coefficient (Wildman–Crippen LogP) is 3.42. The third-order valence-corrected chi connectivity index (χ3v) is 7.46. The summed E-state index contributed by atoms with van der Waals surface area (Å²) in [5.41, 5.74) is 7.55. The van der Waals surface area contributed by atoms with E-state index in [0.717, 1.165) is 45.2 Å². The second-order valence-corrected chi connectivity index (χ2v) is 11.1. The lowest BCUT2D eigenvalue weighted by Gasteiger charge is -2.11. The van der Waals surface area contributed by atoms with E-state index in [1.165, 1.54) is 10.6 Å². The van der Waals surface area contributed by atoms with Crippen molar-refractivity contribution in [1.82, 2.24) is 39.0 Å². The second-order valence-electron chi connectivity index (χ2n) is 9.09. The van der Waals surface area contributed by atoms with Crippen molar-refractivity contribution in [2.75, 3.05) is 6.26 Å². The van der Waals surface area contributed by atoms with Crippen molar-refractivity contribution in [1.29, 1.82) is 0 Å². The molecule has 0 aliphatic carbocycles. The summed E-state index contributed by atoms with van der Waals surface area (Å²) in [5.74, 6) is 0.609. The van der Waals surface area contributed by atoms with Crippen molar-refractivity contribution < 1.29 is 8.42 Å². The molecule has 1 N–H and O–H groups in total. The van der Waals surface area contributed by atoms with Crippen molar-refractivity contribution in [3.63, 3.8) is 0 Å². The number of sulfonamides is 1. The van der Waals surface area contributed by atoms with E-state index in [1.807, 2.05) is 66.5 Å². The van der Waals surface area contributed by atoms with Gasteiger partial charge in [0.2, 0.25) is 10.0 Å². The molecule has 0 atom stereocenters. The van der Waals surface area contributed by atoms with Crippen molar-refractivity contribution >= 4 is 10.0 Å². The first-order valence-electron chi connectivity index (χ1n) is 11.7. The summed E-state index contributed by atoms with van der Waals surface area (Å²) < 4.78 is 27.1. The fraction of sp³-hybridized carbons (Fsp3) is 0.192. The zero-order chi connectivity index (χ0) is 25.6. The average Bonchev–Trinajstić information content (AvgIpc) is 3.58. The number of hydrogen-bond donors (Lipinski definition) is 1. The van der Waals surface area contributed by atoms with Gasteiger partial charge >= 0.3 is 0 Å². The lowest BCUT2D eigenvalue weighted by atomic mass is 10.0. The molecule has 1 aliphatic rings. The maximum absolute atomic E-state index is 11.9. The van der Waals surface area contributed by atoms with Crippen LogP contribution in [-0.2, 0) is 29.7 Å². The minimum Gasteiger partial charge on any atom is -0.339 e.